The molecule has 0 saturated heterocycles. The Bertz CT molecular complexity index is 1610. The maximum Gasteiger partial charge on any atom is 0.412 e. The minimum Gasteiger partial charge on any atom is -0.478 e. The molecule has 0 unspecified atom stereocenters. The van der Waals surface area contributed by atoms with E-state index in [0.717, 1.165) is 48.5 Å². The predicted molar refractivity (Wildman–Crippen MR) is 181 cm³/mol. The third kappa shape index (κ3) is 12.1. The van der Waals surface area contributed by atoms with E-state index in [0.29, 0.717) is 43.8 Å². The molecule has 0 aliphatic carbocycles. The number of rotatable bonds is 15. The Kier molecular flexibility index (Phi) is 14.7. The molecule has 13 heteroatoms. The van der Waals surface area contributed by atoms with Crippen molar-refractivity contribution in [2.75, 3.05) is 30.4 Å². The largest absolute Gasteiger partial charge is 0.478 e. The molecule has 0 fully saturated rings. The van der Waals surface area contributed by atoms with Gasteiger partial charge in [0.05, 0.1) is 42.8 Å². The zero-order valence-corrected chi connectivity index (χ0v) is 27.0. The van der Waals surface area contributed by atoms with Crippen LogP contribution in [0.3, 0.4) is 0 Å². The Balaban J connectivity index is 0.000000358. The molecule has 0 radical (unpaired) electrons. The molecule has 13 nitrogen and oxygen atoms in total. The van der Waals surface area contributed by atoms with Gasteiger partial charge >= 0.3 is 18.0 Å². The summed E-state index contributed by atoms with van der Waals surface area (Å²) in [6.45, 7) is 5.69. The van der Waals surface area contributed by atoms with Gasteiger partial charge in [-0.25, -0.2) is 19.6 Å². The van der Waals surface area contributed by atoms with Gasteiger partial charge < -0.3 is 29.8 Å². The van der Waals surface area contributed by atoms with Crippen molar-refractivity contribution in [2.24, 2.45) is 7.05 Å². The Morgan fingerprint density at radius 3 is 2.38 bits per heavy atom. The molecule has 0 atom stereocenters. The Morgan fingerprint density at radius 1 is 0.936 bits per heavy atom. The molecule has 5 N–H and O–H groups in total. The van der Waals surface area contributed by atoms with E-state index in [-0.39, 0.29) is 17.4 Å². The molecule has 1 amide bonds. The van der Waals surface area contributed by atoms with Gasteiger partial charge in [-0.3, -0.25) is 15.5 Å². The van der Waals surface area contributed by atoms with Crippen LogP contribution in [0.5, 0.6) is 0 Å². The third-order valence-electron chi connectivity index (χ3n) is 6.91. The van der Waals surface area contributed by atoms with Crippen molar-refractivity contribution in [3.05, 3.63) is 83.8 Å². The number of carbonyl (C=O) groups excluding carboxylic acids is 2. The number of alkyl carbamates (subject to hydrolysis) is 1. The highest BCUT2D eigenvalue weighted by molar-refractivity contribution is 6.04. The van der Waals surface area contributed by atoms with Gasteiger partial charge in [0.2, 0.25) is 0 Å². The van der Waals surface area contributed by atoms with Crippen LogP contribution in [-0.4, -0.2) is 63.3 Å². The van der Waals surface area contributed by atoms with E-state index in [2.05, 4.69) is 32.8 Å². The maximum atomic E-state index is 11.8. The van der Waals surface area contributed by atoms with Crippen LogP contribution in [0.25, 0.3) is 11.0 Å². The molecule has 4 rings (SSSR count). The Labute approximate surface area is 274 Å². The molecule has 2 aromatic carbocycles. The van der Waals surface area contributed by atoms with Crippen LogP contribution in [0.1, 0.15) is 67.7 Å². The van der Waals surface area contributed by atoms with Gasteiger partial charge in [-0.1, -0.05) is 32.3 Å². The molecule has 2 aromatic heterocycles. The fraction of sp³-hybridized carbons (Fsp3) is 0.353. The van der Waals surface area contributed by atoms with Crippen LogP contribution in [-0.2, 0) is 27.9 Å². The number of aromatic nitrogens is 3. The summed E-state index contributed by atoms with van der Waals surface area (Å²) < 4.78 is 11.8. The number of aromatic carboxylic acids is 1. The number of carboxylic acids is 1. The average molecular weight is 646 g/mol. The zero-order chi connectivity index (χ0) is 34.0. The van der Waals surface area contributed by atoms with E-state index in [1.807, 2.05) is 41.9 Å². The first kappa shape index (κ1) is 36.0. The van der Waals surface area contributed by atoms with Crippen molar-refractivity contribution in [2.45, 2.75) is 52.5 Å². The summed E-state index contributed by atoms with van der Waals surface area (Å²) in [5.74, 6) is 0.341. The third-order valence-corrected chi connectivity index (χ3v) is 6.91. The lowest BCUT2D eigenvalue weighted by molar-refractivity contribution is -0.142. The summed E-state index contributed by atoms with van der Waals surface area (Å²) in [7, 11) is 1.88. The maximum absolute atomic E-state index is 11.8. The van der Waals surface area contributed by atoms with Crippen molar-refractivity contribution < 1.29 is 29.0 Å². The minimum absolute atomic E-state index is 0.0234. The smallest absolute Gasteiger partial charge is 0.412 e. The van der Waals surface area contributed by atoms with Crippen molar-refractivity contribution in [3.63, 3.8) is 0 Å². The quantitative estimate of drug-likeness (QED) is 0.0448. The number of aryl methyl sites for hydroxylation is 1. The van der Waals surface area contributed by atoms with E-state index in [9.17, 15) is 14.4 Å². The summed E-state index contributed by atoms with van der Waals surface area (Å²) in [6.07, 6.45) is 5.52. The molecule has 0 aliphatic rings. The molecule has 0 aliphatic heterocycles. The normalized spacial score (nSPS) is 10.4. The molecule has 4 aromatic rings. The number of carboxylic acid groups (broad SMARTS) is 1. The standard InChI is InChI=1S/C24H29N5O4.C10H14N2O2/c1-3-4-5-6-13-33-24(32)28-22(25)16-7-10-18(11-8-16)26-15-21-27-19-14-17(23(30)31)9-12-20(19)29(21)2;1-2-14-10(13)6-8-12-9-5-3-4-7-11-9/h7-12,14,26H,3-6,13,15H2,1-2H3,(H,30,31)(H2,25,28,32);3-5,7H,2,6,8H2,1H3,(H,11,12). The number of unbranched alkanes of at least 4 members (excludes halogenated alkanes) is 3. The lowest BCUT2D eigenvalue weighted by Gasteiger charge is -2.10. The van der Waals surface area contributed by atoms with Crippen LogP contribution in [0.4, 0.5) is 16.3 Å². The van der Waals surface area contributed by atoms with Gasteiger partial charge in [0.25, 0.3) is 0 Å². The number of hydrogen-bond donors (Lipinski definition) is 5. The van der Waals surface area contributed by atoms with Gasteiger partial charge in [0.1, 0.15) is 17.5 Å². The summed E-state index contributed by atoms with van der Waals surface area (Å²) in [4.78, 5) is 42.5. The lowest BCUT2D eigenvalue weighted by atomic mass is 10.2. The molecule has 2 heterocycles. The molecular weight excluding hydrogens is 602 g/mol. The Hall–Kier alpha value is -5.46. The van der Waals surface area contributed by atoms with E-state index in [1.54, 1.807) is 43.5 Å². The second-order valence-corrected chi connectivity index (χ2v) is 10.4. The number of fused-ring (bicyclic) bond motifs is 1. The molecule has 0 saturated carbocycles. The summed E-state index contributed by atoms with van der Waals surface area (Å²) in [5.41, 5.74) is 3.06. The van der Waals surface area contributed by atoms with Gasteiger partial charge in [-0.15, -0.1) is 0 Å². The van der Waals surface area contributed by atoms with E-state index in [1.165, 1.54) is 0 Å². The van der Waals surface area contributed by atoms with Crippen molar-refractivity contribution in [1.82, 2.24) is 19.9 Å². The number of anilines is 2. The fourth-order valence-electron chi connectivity index (χ4n) is 4.37. The van der Waals surface area contributed by atoms with Crippen LogP contribution in [0, 0.1) is 5.41 Å². The number of carbonyl (C=O) groups is 3. The van der Waals surface area contributed by atoms with Gasteiger partial charge in [0.15, 0.2) is 0 Å². The highest BCUT2D eigenvalue weighted by Crippen LogP contribution is 2.18. The number of ether oxygens (including phenoxy) is 2. The van der Waals surface area contributed by atoms with Crippen molar-refractivity contribution in [1.29, 1.82) is 5.41 Å². The van der Waals surface area contributed by atoms with E-state index in [4.69, 9.17) is 20.0 Å². The van der Waals surface area contributed by atoms with Gasteiger partial charge in [-0.05, 0) is 67.9 Å². The zero-order valence-electron chi connectivity index (χ0n) is 27.0. The highest BCUT2D eigenvalue weighted by atomic mass is 16.5. The fourth-order valence-corrected chi connectivity index (χ4v) is 4.37. The average Bonchev–Trinajstić information content (AvgIpc) is 3.39. The highest BCUT2D eigenvalue weighted by Gasteiger charge is 2.12. The number of nitrogens with one attached hydrogen (secondary N) is 4. The second kappa shape index (κ2) is 19.1. The van der Waals surface area contributed by atoms with Crippen LogP contribution in [0.15, 0.2) is 66.9 Å². The monoisotopic (exact) mass is 645 g/mol. The number of nitrogens with zero attached hydrogens (tertiary/aromatic N) is 3. The number of benzene rings is 2. The molecule has 250 valence electrons. The number of pyridine rings is 1. The van der Waals surface area contributed by atoms with Crippen LogP contribution < -0.4 is 16.0 Å². The Morgan fingerprint density at radius 2 is 1.70 bits per heavy atom. The van der Waals surface area contributed by atoms with Crippen molar-refractivity contribution >= 4 is 46.4 Å². The number of imidazole rings is 1. The van der Waals surface area contributed by atoms with Crippen molar-refractivity contribution in [3.8, 4) is 0 Å². The molecular formula is C34H43N7O6. The predicted octanol–water partition coefficient (Wildman–Crippen LogP) is 5.96. The number of amides is 1. The van der Waals surface area contributed by atoms with Gasteiger partial charge in [-0.2, -0.15) is 0 Å². The summed E-state index contributed by atoms with van der Waals surface area (Å²) in [5, 5.41) is 26.0. The van der Waals surface area contributed by atoms with Gasteiger partial charge in [0, 0.05) is 31.0 Å². The molecule has 0 spiro atoms. The first-order chi connectivity index (χ1) is 22.7. The topological polar surface area (TPSA) is 181 Å². The van der Waals surface area contributed by atoms with Crippen LogP contribution in [0.2, 0.25) is 0 Å². The number of amidine groups is 1. The van der Waals surface area contributed by atoms with E-state index >= 15 is 0 Å². The minimum atomic E-state index is -0.984. The van der Waals surface area contributed by atoms with Crippen LogP contribution >= 0.6 is 0 Å². The SMILES string of the molecule is CCCCCCOC(=O)NC(=N)c1ccc(NCc2nc3cc(C(=O)O)ccc3n2C)cc1.CCOC(=O)CCNc1ccccn1. The lowest BCUT2D eigenvalue weighted by Crippen LogP contribution is -2.31. The second-order valence-electron chi connectivity index (χ2n) is 10.4. The number of hydrogen-bond acceptors (Lipinski definition) is 10. The molecule has 47 heavy (non-hydrogen) atoms. The van der Waals surface area contributed by atoms with E-state index < -0.39 is 12.1 Å². The summed E-state index contributed by atoms with van der Waals surface area (Å²) >= 11 is 0. The first-order valence-electron chi connectivity index (χ1n) is 15.6. The first-order valence-corrected chi connectivity index (χ1v) is 15.6. The number of esters is 1. The summed E-state index contributed by atoms with van der Waals surface area (Å²) in [6, 6.07) is 17.6. The molecule has 0 bridgehead atoms.